The topological polar surface area (TPSA) is 68.4 Å². The van der Waals surface area contributed by atoms with Crippen LogP contribution in [0.25, 0.3) is 0 Å². The van der Waals surface area contributed by atoms with Crippen LogP contribution in [0.2, 0.25) is 0 Å². The Labute approximate surface area is 112 Å². The van der Waals surface area contributed by atoms with Gasteiger partial charge in [0.2, 0.25) is 0 Å². The molecule has 0 radical (unpaired) electrons. The Kier molecular flexibility index (Phi) is 4.24. The molecule has 0 bridgehead atoms. The van der Waals surface area contributed by atoms with Gasteiger partial charge in [0.15, 0.2) is 0 Å². The maximum atomic E-state index is 11.9. The molecule has 0 atom stereocenters. The van der Waals surface area contributed by atoms with Crippen molar-refractivity contribution in [2.45, 2.75) is 39.5 Å². The Morgan fingerprint density at radius 2 is 1.37 bits per heavy atom. The first-order chi connectivity index (χ1) is 9.19. The third kappa shape index (κ3) is 2.64. The highest BCUT2D eigenvalue weighted by Gasteiger charge is 2.28. The second kappa shape index (κ2) is 5.91. The van der Waals surface area contributed by atoms with Crippen molar-refractivity contribution in [2.24, 2.45) is 0 Å². The molecule has 5 nitrogen and oxygen atoms in total. The fourth-order valence-electron chi connectivity index (χ4n) is 2.49. The van der Waals surface area contributed by atoms with Gasteiger partial charge >= 0.3 is 11.9 Å². The number of H-pyrrole nitrogens is 1. The van der Waals surface area contributed by atoms with Crippen LogP contribution in [0.5, 0.6) is 0 Å². The van der Waals surface area contributed by atoms with Crippen molar-refractivity contribution in [1.29, 1.82) is 0 Å². The van der Waals surface area contributed by atoms with Crippen LogP contribution in [-0.2, 0) is 22.3 Å². The molecule has 0 fully saturated rings. The Balaban J connectivity index is 2.39. The molecular weight excluding hydrogens is 246 g/mol. The molecule has 0 saturated heterocycles. The van der Waals surface area contributed by atoms with Crippen molar-refractivity contribution >= 4 is 11.9 Å². The first-order valence-electron chi connectivity index (χ1n) is 6.77. The van der Waals surface area contributed by atoms with Gasteiger partial charge < -0.3 is 14.5 Å². The van der Waals surface area contributed by atoms with Crippen LogP contribution in [0.15, 0.2) is 0 Å². The van der Waals surface area contributed by atoms with Gasteiger partial charge in [-0.1, -0.05) is 0 Å². The molecule has 0 aliphatic heterocycles. The lowest BCUT2D eigenvalue weighted by Crippen LogP contribution is -2.10. The molecule has 1 heterocycles. The van der Waals surface area contributed by atoms with Crippen molar-refractivity contribution in [3.63, 3.8) is 0 Å². The lowest BCUT2D eigenvalue weighted by atomic mass is 9.92. The molecule has 0 amide bonds. The highest BCUT2D eigenvalue weighted by molar-refractivity contribution is 5.96. The predicted molar refractivity (Wildman–Crippen MR) is 69.3 cm³/mol. The van der Waals surface area contributed by atoms with E-state index in [1.807, 2.05) is 0 Å². The third-order valence-corrected chi connectivity index (χ3v) is 3.28. The quantitative estimate of drug-likeness (QED) is 0.848. The van der Waals surface area contributed by atoms with E-state index in [0.29, 0.717) is 24.6 Å². The molecule has 0 spiro atoms. The van der Waals surface area contributed by atoms with Crippen molar-refractivity contribution in [3.8, 4) is 0 Å². The second-order valence-electron chi connectivity index (χ2n) is 4.48. The third-order valence-electron chi connectivity index (χ3n) is 3.28. The molecule has 0 saturated carbocycles. The van der Waals surface area contributed by atoms with E-state index in [-0.39, 0.29) is 0 Å². The molecule has 0 aromatic carbocycles. The van der Waals surface area contributed by atoms with Gasteiger partial charge in [0.1, 0.15) is 11.4 Å². The van der Waals surface area contributed by atoms with Crippen LogP contribution in [-0.4, -0.2) is 30.1 Å². The first kappa shape index (κ1) is 13.6. The summed E-state index contributed by atoms with van der Waals surface area (Å²) in [7, 11) is 0. The summed E-state index contributed by atoms with van der Waals surface area (Å²) in [5.41, 5.74) is 2.68. The number of aromatic nitrogens is 1. The van der Waals surface area contributed by atoms with Gasteiger partial charge in [-0.25, -0.2) is 9.59 Å². The molecule has 2 rings (SSSR count). The zero-order chi connectivity index (χ0) is 13.8. The van der Waals surface area contributed by atoms with Gasteiger partial charge in [0, 0.05) is 0 Å². The van der Waals surface area contributed by atoms with Gasteiger partial charge in [-0.2, -0.15) is 0 Å². The largest absolute Gasteiger partial charge is 0.461 e. The van der Waals surface area contributed by atoms with E-state index in [0.717, 1.165) is 36.8 Å². The minimum Gasteiger partial charge on any atom is -0.461 e. The molecule has 1 N–H and O–H groups in total. The number of ether oxygens (including phenoxy) is 2. The number of rotatable bonds is 4. The summed E-state index contributed by atoms with van der Waals surface area (Å²) in [5, 5.41) is 0. The highest BCUT2D eigenvalue weighted by atomic mass is 16.5. The molecule has 0 unspecified atom stereocenters. The summed E-state index contributed by atoms with van der Waals surface area (Å²) < 4.78 is 10.0. The van der Waals surface area contributed by atoms with Gasteiger partial charge in [-0.05, 0) is 50.7 Å². The Morgan fingerprint density at radius 3 is 1.74 bits per heavy atom. The average Bonchev–Trinajstić information content (AvgIpc) is 2.79. The predicted octanol–water partition coefficient (Wildman–Crippen LogP) is 2.25. The molecule has 5 heteroatoms. The van der Waals surface area contributed by atoms with Gasteiger partial charge in [0.05, 0.1) is 13.2 Å². The minimum absolute atomic E-state index is 0.321. The monoisotopic (exact) mass is 265 g/mol. The van der Waals surface area contributed by atoms with Crippen LogP contribution in [0.3, 0.4) is 0 Å². The molecular formula is C14H19NO4. The average molecular weight is 265 g/mol. The normalized spacial score (nSPS) is 13.8. The molecule has 1 aromatic heterocycles. The summed E-state index contributed by atoms with van der Waals surface area (Å²) in [5.74, 6) is -0.785. The fourth-order valence-corrected chi connectivity index (χ4v) is 2.49. The summed E-state index contributed by atoms with van der Waals surface area (Å²) >= 11 is 0. The van der Waals surface area contributed by atoms with E-state index in [2.05, 4.69) is 4.98 Å². The summed E-state index contributed by atoms with van der Waals surface area (Å²) in [6.45, 7) is 4.17. The van der Waals surface area contributed by atoms with E-state index in [1.54, 1.807) is 13.8 Å². The van der Waals surface area contributed by atoms with Crippen LogP contribution < -0.4 is 0 Å². The number of carbonyl (C=O) groups excluding carboxylic acids is 2. The highest BCUT2D eigenvalue weighted by Crippen LogP contribution is 2.28. The number of fused-ring (bicyclic) bond motifs is 1. The van der Waals surface area contributed by atoms with Crippen LogP contribution in [0, 0.1) is 0 Å². The van der Waals surface area contributed by atoms with Crippen molar-refractivity contribution in [1.82, 2.24) is 4.98 Å². The van der Waals surface area contributed by atoms with Crippen molar-refractivity contribution in [2.75, 3.05) is 13.2 Å². The lowest BCUT2D eigenvalue weighted by Gasteiger charge is -2.13. The first-order valence-corrected chi connectivity index (χ1v) is 6.77. The number of carbonyl (C=O) groups is 2. The van der Waals surface area contributed by atoms with E-state index in [1.165, 1.54) is 0 Å². The van der Waals surface area contributed by atoms with Crippen LogP contribution >= 0.6 is 0 Å². The molecule has 19 heavy (non-hydrogen) atoms. The Hall–Kier alpha value is -1.78. The van der Waals surface area contributed by atoms with Crippen LogP contribution in [0.4, 0.5) is 0 Å². The lowest BCUT2D eigenvalue weighted by molar-refractivity contribution is 0.0515. The van der Waals surface area contributed by atoms with Crippen LogP contribution in [0.1, 0.15) is 58.8 Å². The van der Waals surface area contributed by atoms with E-state index >= 15 is 0 Å². The van der Waals surface area contributed by atoms with E-state index < -0.39 is 11.9 Å². The van der Waals surface area contributed by atoms with Gasteiger partial charge in [-0.3, -0.25) is 0 Å². The fraction of sp³-hybridized carbons (Fsp3) is 0.571. The number of hydrogen-bond donors (Lipinski definition) is 1. The molecule has 1 aliphatic rings. The van der Waals surface area contributed by atoms with Gasteiger partial charge in [-0.15, -0.1) is 0 Å². The molecule has 104 valence electrons. The minimum atomic E-state index is -0.392. The smallest absolute Gasteiger partial charge is 0.355 e. The van der Waals surface area contributed by atoms with E-state index in [4.69, 9.17) is 9.47 Å². The second-order valence-corrected chi connectivity index (χ2v) is 4.48. The van der Waals surface area contributed by atoms with Crippen molar-refractivity contribution < 1.29 is 19.1 Å². The number of aromatic amines is 1. The SMILES string of the molecule is CCOC(=O)c1[nH]c(C(=O)OCC)c2c1CCCC2. The maximum Gasteiger partial charge on any atom is 0.355 e. The maximum absolute atomic E-state index is 11.9. The zero-order valence-electron chi connectivity index (χ0n) is 11.4. The Morgan fingerprint density at radius 1 is 0.947 bits per heavy atom. The Bertz CT molecular complexity index is 447. The molecule has 1 aliphatic carbocycles. The molecule has 1 aromatic rings. The van der Waals surface area contributed by atoms with Crippen molar-refractivity contribution in [3.05, 3.63) is 22.5 Å². The summed E-state index contributed by atoms with van der Waals surface area (Å²) in [6, 6.07) is 0. The number of nitrogens with one attached hydrogen (secondary N) is 1. The van der Waals surface area contributed by atoms with E-state index in [9.17, 15) is 9.59 Å². The van der Waals surface area contributed by atoms with Gasteiger partial charge in [0.25, 0.3) is 0 Å². The summed E-state index contributed by atoms with van der Waals surface area (Å²) in [6.07, 6.45) is 3.66. The summed E-state index contributed by atoms with van der Waals surface area (Å²) in [4.78, 5) is 26.7. The number of hydrogen-bond acceptors (Lipinski definition) is 4. The zero-order valence-corrected chi connectivity index (χ0v) is 11.4. The number of esters is 2. The standard InChI is InChI=1S/C14H19NO4/c1-3-18-13(16)11-9-7-5-6-8-10(9)12(15-11)14(17)19-4-2/h15H,3-8H2,1-2H3.